The van der Waals surface area contributed by atoms with E-state index in [0.29, 0.717) is 0 Å². The van der Waals surface area contributed by atoms with Crippen molar-refractivity contribution in [3.05, 3.63) is 0 Å². The molecule has 0 saturated carbocycles. The van der Waals surface area contributed by atoms with Gasteiger partial charge in [-0.1, -0.05) is 0 Å². The van der Waals surface area contributed by atoms with Gasteiger partial charge in [0, 0.05) is 0 Å². The second-order valence-corrected chi connectivity index (χ2v) is 3.71. The molecule has 0 atom stereocenters. The van der Waals surface area contributed by atoms with Crippen molar-refractivity contribution in [1.82, 2.24) is 9.80 Å². The molecule has 14 heavy (non-hydrogen) atoms. The first kappa shape index (κ1) is 9.54. The summed E-state index contributed by atoms with van der Waals surface area (Å²) in [6.45, 7) is -2.64. The van der Waals surface area contributed by atoms with Gasteiger partial charge in [-0.25, -0.2) is 22.4 Å². The van der Waals surface area contributed by atoms with Gasteiger partial charge in [-0.15, -0.1) is 0 Å². The summed E-state index contributed by atoms with van der Waals surface area (Å²) in [5.74, 6) is -5.69. The molecule has 2 heterocycles. The van der Waals surface area contributed by atoms with Crippen LogP contribution in [0.2, 0.25) is 0 Å². The van der Waals surface area contributed by atoms with E-state index in [1.165, 1.54) is 0 Å². The monoisotopic (exact) mass is 212 g/mol. The number of halogens is 4. The number of carbonyl (C=O) groups is 1. The quantitative estimate of drug-likeness (QED) is 0.549. The molecule has 0 bridgehead atoms. The van der Waals surface area contributed by atoms with Crippen molar-refractivity contribution in [3.63, 3.8) is 0 Å². The van der Waals surface area contributed by atoms with E-state index in [-0.39, 0.29) is 0 Å². The van der Waals surface area contributed by atoms with Crippen LogP contribution in [0.25, 0.3) is 0 Å². The largest absolute Gasteiger partial charge is 0.320 e. The fourth-order valence-electron chi connectivity index (χ4n) is 1.49. The lowest BCUT2D eigenvalue weighted by Crippen LogP contribution is -2.67. The first-order chi connectivity index (χ1) is 6.29. The molecule has 0 radical (unpaired) electrons. The highest BCUT2D eigenvalue weighted by Crippen LogP contribution is 2.32. The normalized spacial score (nSPS) is 28.0. The maximum atomic E-state index is 12.3. The molecule has 0 aromatic rings. The van der Waals surface area contributed by atoms with Crippen molar-refractivity contribution in [2.75, 3.05) is 26.2 Å². The molecule has 2 fully saturated rings. The summed E-state index contributed by atoms with van der Waals surface area (Å²) in [5, 5.41) is 0. The Morgan fingerprint density at radius 1 is 0.857 bits per heavy atom. The highest BCUT2D eigenvalue weighted by atomic mass is 19.3. The average Bonchev–Trinajstić information content (AvgIpc) is 1.93. The first-order valence-corrected chi connectivity index (χ1v) is 4.09. The Morgan fingerprint density at radius 3 is 1.36 bits per heavy atom. The predicted molar refractivity (Wildman–Crippen MR) is 38.4 cm³/mol. The Balaban J connectivity index is 1.82. The number of alkyl halides is 4. The maximum absolute atomic E-state index is 12.3. The summed E-state index contributed by atoms with van der Waals surface area (Å²) in [6, 6.07) is -0.721. The zero-order valence-corrected chi connectivity index (χ0v) is 7.14. The second kappa shape index (κ2) is 2.52. The fraction of sp³-hybridized carbons (Fsp3) is 0.857. The third-order valence-corrected chi connectivity index (χ3v) is 2.23. The SMILES string of the molecule is O=C(N1CC(F)(F)C1)N1CC(F)(F)C1. The number of carbonyl (C=O) groups excluding carboxylic acids is 1. The Bertz CT molecular complexity index is 239. The van der Waals surface area contributed by atoms with Crippen molar-refractivity contribution in [1.29, 1.82) is 0 Å². The van der Waals surface area contributed by atoms with Crippen LogP contribution in [-0.2, 0) is 0 Å². The molecule has 2 amide bonds. The van der Waals surface area contributed by atoms with Gasteiger partial charge in [0.2, 0.25) is 0 Å². The van der Waals surface area contributed by atoms with Gasteiger partial charge in [-0.3, -0.25) is 0 Å². The summed E-state index contributed by atoms with van der Waals surface area (Å²) >= 11 is 0. The Labute approximate surface area is 77.3 Å². The van der Waals surface area contributed by atoms with Crippen LogP contribution in [0.4, 0.5) is 22.4 Å². The Hall–Kier alpha value is -1.01. The van der Waals surface area contributed by atoms with Gasteiger partial charge in [0.1, 0.15) is 0 Å². The van der Waals surface area contributed by atoms with Crippen LogP contribution >= 0.6 is 0 Å². The zero-order valence-electron chi connectivity index (χ0n) is 7.14. The standard InChI is InChI=1S/C7H8F4N2O/c8-6(9)1-12(2-6)5(14)13-3-7(10,11)4-13/h1-4H2. The van der Waals surface area contributed by atoms with Gasteiger partial charge >= 0.3 is 6.03 Å². The summed E-state index contributed by atoms with van der Waals surface area (Å²) in [5.41, 5.74) is 0. The van der Waals surface area contributed by atoms with E-state index < -0.39 is 44.1 Å². The molecular formula is C7H8F4N2O. The predicted octanol–water partition coefficient (Wildman–Crippen LogP) is 1.01. The van der Waals surface area contributed by atoms with Crippen molar-refractivity contribution in [2.45, 2.75) is 11.8 Å². The zero-order chi connectivity index (χ0) is 10.6. The maximum Gasteiger partial charge on any atom is 0.320 e. The van der Waals surface area contributed by atoms with Crippen LogP contribution in [0.5, 0.6) is 0 Å². The van der Waals surface area contributed by atoms with E-state index in [0.717, 1.165) is 9.80 Å². The molecule has 0 aromatic carbocycles. The van der Waals surface area contributed by atoms with Gasteiger partial charge < -0.3 is 9.80 Å². The summed E-state index contributed by atoms with van der Waals surface area (Å²) < 4.78 is 49.3. The fourth-order valence-corrected chi connectivity index (χ4v) is 1.49. The van der Waals surface area contributed by atoms with E-state index in [1.807, 2.05) is 0 Å². The summed E-state index contributed by atoms with van der Waals surface area (Å²) in [4.78, 5) is 12.9. The molecule has 2 rings (SSSR count). The van der Waals surface area contributed by atoms with Crippen LogP contribution in [0.3, 0.4) is 0 Å². The smallest absolute Gasteiger partial charge is 0.312 e. The lowest BCUT2D eigenvalue weighted by molar-refractivity contribution is -0.141. The molecule has 2 saturated heterocycles. The second-order valence-electron chi connectivity index (χ2n) is 3.71. The van der Waals surface area contributed by atoms with Crippen LogP contribution in [0.15, 0.2) is 0 Å². The highest BCUT2D eigenvalue weighted by molar-refractivity contribution is 5.76. The minimum Gasteiger partial charge on any atom is -0.312 e. The number of rotatable bonds is 0. The van der Waals surface area contributed by atoms with E-state index in [4.69, 9.17) is 0 Å². The van der Waals surface area contributed by atoms with Crippen molar-refractivity contribution in [2.24, 2.45) is 0 Å². The number of hydrogen-bond donors (Lipinski definition) is 0. The van der Waals surface area contributed by atoms with Gasteiger partial charge in [0.05, 0.1) is 26.2 Å². The molecule has 0 N–H and O–H groups in total. The molecule has 80 valence electrons. The summed E-state index contributed by atoms with van der Waals surface area (Å²) in [7, 11) is 0. The van der Waals surface area contributed by atoms with Gasteiger partial charge in [-0.05, 0) is 0 Å². The Morgan fingerprint density at radius 2 is 1.14 bits per heavy atom. The van der Waals surface area contributed by atoms with Gasteiger partial charge in [0.25, 0.3) is 11.8 Å². The molecule has 0 aliphatic carbocycles. The first-order valence-electron chi connectivity index (χ1n) is 4.09. The third-order valence-electron chi connectivity index (χ3n) is 2.23. The molecule has 0 unspecified atom stereocenters. The highest BCUT2D eigenvalue weighted by Gasteiger charge is 2.52. The topological polar surface area (TPSA) is 23.6 Å². The Kier molecular flexibility index (Phi) is 1.71. The molecular weight excluding hydrogens is 204 g/mol. The van der Waals surface area contributed by atoms with Crippen molar-refractivity contribution >= 4 is 6.03 Å². The van der Waals surface area contributed by atoms with Crippen molar-refractivity contribution in [3.8, 4) is 0 Å². The molecule has 3 nitrogen and oxygen atoms in total. The molecule has 7 heteroatoms. The number of hydrogen-bond acceptors (Lipinski definition) is 1. The van der Waals surface area contributed by atoms with Gasteiger partial charge in [-0.2, -0.15) is 0 Å². The molecule has 2 aliphatic heterocycles. The van der Waals surface area contributed by atoms with Crippen LogP contribution in [0, 0.1) is 0 Å². The minimum atomic E-state index is -2.84. The number of amides is 2. The van der Waals surface area contributed by atoms with Crippen molar-refractivity contribution < 1.29 is 22.4 Å². The third kappa shape index (κ3) is 1.51. The van der Waals surface area contributed by atoms with Crippen LogP contribution < -0.4 is 0 Å². The number of urea groups is 1. The lowest BCUT2D eigenvalue weighted by atomic mass is 10.1. The lowest BCUT2D eigenvalue weighted by Gasteiger charge is -2.46. The number of nitrogens with zero attached hydrogens (tertiary/aromatic N) is 2. The molecule has 0 spiro atoms. The van der Waals surface area contributed by atoms with E-state index in [9.17, 15) is 22.4 Å². The van der Waals surface area contributed by atoms with E-state index in [1.54, 1.807) is 0 Å². The minimum absolute atomic E-state index is 0.659. The molecule has 0 aromatic heterocycles. The van der Waals surface area contributed by atoms with E-state index >= 15 is 0 Å². The average molecular weight is 212 g/mol. The number of likely N-dealkylation sites (tertiary alicyclic amines) is 2. The summed E-state index contributed by atoms with van der Waals surface area (Å²) in [6.07, 6.45) is 0. The van der Waals surface area contributed by atoms with E-state index in [2.05, 4.69) is 0 Å². The van der Waals surface area contributed by atoms with Crippen LogP contribution in [-0.4, -0.2) is 53.9 Å². The van der Waals surface area contributed by atoms with Crippen LogP contribution in [0.1, 0.15) is 0 Å². The van der Waals surface area contributed by atoms with Gasteiger partial charge in [0.15, 0.2) is 0 Å². The molecule has 2 aliphatic rings.